The van der Waals surface area contributed by atoms with Gasteiger partial charge < -0.3 is 0 Å². The molecule has 0 aliphatic carbocycles. The van der Waals surface area contributed by atoms with Gasteiger partial charge in [-0.2, -0.15) is 0 Å². The molecule has 0 N–H and O–H groups in total. The summed E-state index contributed by atoms with van der Waals surface area (Å²) in [4.78, 5) is 24.0. The summed E-state index contributed by atoms with van der Waals surface area (Å²) < 4.78 is 0. The number of carbonyl (C=O) groups excluding carboxylic acids is 2. The smallest absolute Gasteiger partial charge is 0.140 e. The average molecular weight is 451 g/mol. The molecule has 0 unspecified atom stereocenters. The molecule has 0 aliphatic heterocycles. The lowest BCUT2D eigenvalue weighted by molar-refractivity contribution is -0.127. The van der Waals surface area contributed by atoms with Crippen LogP contribution in [0.15, 0.2) is 0 Å². The molecular weight excluding hydrogens is 392 g/mol. The molecule has 32 heavy (non-hydrogen) atoms. The summed E-state index contributed by atoms with van der Waals surface area (Å²) in [6.07, 6.45) is 31.5. The first-order chi connectivity index (χ1) is 15.7. The number of unbranched alkanes of at least 4 members (excludes halogenated alkanes) is 21. The first-order valence-electron chi connectivity index (χ1n) is 14.7. The predicted octanol–water partition coefficient (Wildman–Crippen LogP) is 10.3. The van der Waals surface area contributed by atoms with Crippen LogP contribution in [0.5, 0.6) is 0 Å². The summed E-state index contributed by atoms with van der Waals surface area (Å²) in [5.41, 5.74) is 0. The van der Waals surface area contributed by atoms with Gasteiger partial charge in [0.25, 0.3) is 0 Å². The Morgan fingerprint density at radius 2 is 0.562 bits per heavy atom. The van der Waals surface area contributed by atoms with Crippen LogP contribution in [-0.4, -0.2) is 11.6 Å². The third-order valence-electron chi connectivity index (χ3n) is 6.76. The molecule has 0 aliphatic rings. The molecule has 0 bridgehead atoms. The Balaban J connectivity index is 3.28. The van der Waals surface area contributed by atoms with E-state index >= 15 is 0 Å². The van der Waals surface area contributed by atoms with E-state index in [4.69, 9.17) is 0 Å². The molecule has 0 radical (unpaired) electrons. The zero-order valence-corrected chi connectivity index (χ0v) is 22.2. The number of ketones is 2. The second-order valence-electron chi connectivity index (χ2n) is 10.2. The lowest BCUT2D eigenvalue weighted by Crippen LogP contribution is -2.07. The van der Waals surface area contributed by atoms with Gasteiger partial charge in [-0.05, 0) is 12.8 Å². The summed E-state index contributed by atoms with van der Waals surface area (Å²) in [5.74, 6) is 0.339. The fourth-order valence-corrected chi connectivity index (χ4v) is 4.55. The topological polar surface area (TPSA) is 34.1 Å². The Morgan fingerprint density at radius 1 is 0.344 bits per heavy atom. The predicted molar refractivity (Wildman–Crippen MR) is 141 cm³/mol. The van der Waals surface area contributed by atoms with Crippen LogP contribution < -0.4 is 0 Å². The van der Waals surface area contributed by atoms with Gasteiger partial charge in [0.1, 0.15) is 11.6 Å². The van der Waals surface area contributed by atoms with Gasteiger partial charge in [0.05, 0.1) is 6.42 Å². The SMILES string of the molecule is CCCCCCCCCCCCCCCCCC(=O)CC(=O)CCCCCCCCCC. The van der Waals surface area contributed by atoms with Crippen molar-refractivity contribution in [1.82, 2.24) is 0 Å². The summed E-state index contributed by atoms with van der Waals surface area (Å²) in [6.45, 7) is 4.52. The van der Waals surface area contributed by atoms with E-state index < -0.39 is 0 Å². The van der Waals surface area contributed by atoms with E-state index in [9.17, 15) is 9.59 Å². The molecular formula is C30H58O2. The van der Waals surface area contributed by atoms with Crippen LogP contribution in [0.1, 0.15) is 181 Å². The maximum atomic E-state index is 12.0. The lowest BCUT2D eigenvalue weighted by atomic mass is 10.0. The Bertz CT molecular complexity index is 402. The van der Waals surface area contributed by atoms with Crippen LogP contribution in [-0.2, 0) is 9.59 Å². The monoisotopic (exact) mass is 450 g/mol. The van der Waals surface area contributed by atoms with E-state index in [-0.39, 0.29) is 18.0 Å². The van der Waals surface area contributed by atoms with E-state index in [2.05, 4.69) is 13.8 Å². The van der Waals surface area contributed by atoms with E-state index in [0.717, 1.165) is 25.7 Å². The highest BCUT2D eigenvalue weighted by Crippen LogP contribution is 2.14. The number of rotatable bonds is 27. The van der Waals surface area contributed by atoms with Gasteiger partial charge in [-0.25, -0.2) is 0 Å². The quantitative estimate of drug-likeness (QED) is 0.0921. The summed E-state index contributed by atoms with van der Waals surface area (Å²) >= 11 is 0. The third kappa shape index (κ3) is 25.6. The fraction of sp³-hybridized carbons (Fsp3) is 0.933. The third-order valence-corrected chi connectivity index (χ3v) is 6.76. The first kappa shape index (κ1) is 31.3. The van der Waals surface area contributed by atoms with Crippen molar-refractivity contribution >= 4 is 11.6 Å². The largest absolute Gasteiger partial charge is 0.299 e. The zero-order chi connectivity index (χ0) is 23.5. The van der Waals surface area contributed by atoms with Crippen LogP contribution in [0, 0.1) is 0 Å². The average Bonchev–Trinajstić information content (AvgIpc) is 2.78. The van der Waals surface area contributed by atoms with Crippen molar-refractivity contribution in [3.63, 3.8) is 0 Å². The van der Waals surface area contributed by atoms with Crippen LogP contribution in [0.4, 0.5) is 0 Å². The number of hydrogen-bond donors (Lipinski definition) is 0. The molecule has 0 fully saturated rings. The Morgan fingerprint density at radius 3 is 0.812 bits per heavy atom. The molecule has 0 spiro atoms. The van der Waals surface area contributed by atoms with Gasteiger partial charge in [0.2, 0.25) is 0 Å². The highest BCUT2D eigenvalue weighted by Gasteiger charge is 2.09. The van der Waals surface area contributed by atoms with Gasteiger partial charge in [-0.15, -0.1) is 0 Å². The van der Waals surface area contributed by atoms with Gasteiger partial charge in [-0.3, -0.25) is 9.59 Å². The van der Waals surface area contributed by atoms with Gasteiger partial charge in [0, 0.05) is 12.8 Å². The van der Waals surface area contributed by atoms with Crippen LogP contribution >= 0.6 is 0 Å². The van der Waals surface area contributed by atoms with Gasteiger partial charge in [-0.1, -0.05) is 149 Å². The zero-order valence-electron chi connectivity index (χ0n) is 22.2. The van der Waals surface area contributed by atoms with E-state index in [1.165, 1.54) is 122 Å². The summed E-state index contributed by atoms with van der Waals surface area (Å²) in [6, 6.07) is 0. The highest BCUT2D eigenvalue weighted by atomic mass is 16.1. The second-order valence-corrected chi connectivity index (χ2v) is 10.2. The molecule has 0 atom stereocenters. The molecule has 0 aromatic heterocycles. The van der Waals surface area contributed by atoms with E-state index in [0.29, 0.717) is 12.8 Å². The van der Waals surface area contributed by atoms with Crippen molar-refractivity contribution < 1.29 is 9.59 Å². The summed E-state index contributed by atoms with van der Waals surface area (Å²) in [7, 11) is 0. The minimum atomic E-state index is 0.168. The van der Waals surface area contributed by atoms with Crippen molar-refractivity contribution in [3.05, 3.63) is 0 Å². The van der Waals surface area contributed by atoms with Crippen molar-refractivity contribution in [2.75, 3.05) is 0 Å². The molecule has 0 saturated carbocycles. The van der Waals surface area contributed by atoms with Crippen molar-refractivity contribution in [2.45, 2.75) is 181 Å². The summed E-state index contributed by atoms with van der Waals surface area (Å²) in [5, 5.41) is 0. The maximum Gasteiger partial charge on any atom is 0.140 e. The number of carbonyl (C=O) groups is 2. The Hall–Kier alpha value is -0.660. The first-order valence-corrected chi connectivity index (χ1v) is 14.7. The van der Waals surface area contributed by atoms with Crippen LogP contribution in [0.2, 0.25) is 0 Å². The minimum Gasteiger partial charge on any atom is -0.299 e. The van der Waals surface area contributed by atoms with Crippen molar-refractivity contribution in [2.24, 2.45) is 0 Å². The molecule has 0 aromatic carbocycles. The van der Waals surface area contributed by atoms with E-state index in [1.54, 1.807) is 0 Å². The Kier molecular flexibility index (Phi) is 26.0. The molecule has 2 heteroatoms. The molecule has 0 aromatic rings. The van der Waals surface area contributed by atoms with Crippen molar-refractivity contribution in [3.8, 4) is 0 Å². The van der Waals surface area contributed by atoms with Crippen LogP contribution in [0.3, 0.4) is 0 Å². The number of hydrogen-bond acceptors (Lipinski definition) is 2. The molecule has 0 saturated heterocycles. The van der Waals surface area contributed by atoms with Gasteiger partial charge >= 0.3 is 0 Å². The highest BCUT2D eigenvalue weighted by molar-refractivity contribution is 5.98. The standard InChI is InChI=1S/C30H58O2/c1-3-5-7-9-11-13-14-15-16-17-18-19-21-23-25-27-30(32)28-29(31)26-24-22-20-12-10-8-6-4-2/h3-28H2,1-2H3. The second kappa shape index (κ2) is 26.6. The molecule has 0 amide bonds. The van der Waals surface area contributed by atoms with Crippen LogP contribution in [0.25, 0.3) is 0 Å². The fourth-order valence-electron chi connectivity index (χ4n) is 4.55. The molecule has 2 nitrogen and oxygen atoms in total. The molecule has 190 valence electrons. The molecule has 0 rings (SSSR count). The van der Waals surface area contributed by atoms with Crippen molar-refractivity contribution in [1.29, 1.82) is 0 Å². The molecule has 0 heterocycles. The number of Topliss-reactive ketones (excluding diaryl/α,β-unsaturated/α-hetero) is 2. The normalized spacial score (nSPS) is 11.2. The van der Waals surface area contributed by atoms with E-state index in [1.807, 2.05) is 0 Å². The Labute approximate surface area is 202 Å². The lowest BCUT2D eigenvalue weighted by Gasteiger charge is -2.04. The van der Waals surface area contributed by atoms with Gasteiger partial charge in [0.15, 0.2) is 0 Å². The maximum absolute atomic E-state index is 12.0. The minimum absolute atomic E-state index is 0.168.